The minimum absolute atomic E-state index is 0.0660. The largest absolute Gasteiger partial charge is 0.468 e. The van der Waals surface area contributed by atoms with Crippen molar-refractivity contribution in [2.75, 3.05) is 0 Å². The van der Waals surface area contributed by atoms with Crippen LogP contribution in [0.1, 0.15) is 24.8 Å². The van der Waals surface area contributed by atoms with Gasteiger partial charge in [0, 0.05) is 12.3 Å². The summed E-state index contributed by atoms with van der Waals surface area (Å²) in [5.41, 5.74) is 0.287. The van der Waals surface area contributed by atoms with Crippen molar-refractivity contribution in [2.24, 2.45) is 5.92 Å². The minimum Gasteiger partial charge on any atom is -0.468 e. The number of carbonyl (C=O) groups is 1. The molecular formula is C13H12N2O2. The molecule has 17 heavy (non-hydrogen) atoms. The number of para-hydroxylation sites is 1. The van der Waals surface area contributed by atoms with E-state index in [2.05, 4.69) is 11.4 Å². The van der Waals surface area contributed by atoms with Crippen LogP contribution < -0.4 is 10.1 Å². The van der Waals surface area contributed by atoms with Crippen LogP contribution in [0.2, 0.25) is 0 Å². The van der Waals surface area contributed by atoms with Crippen LogP contribution in [0.15, 0.2) is 24.3 Å². The fourth-order valence-corrected chi connectivity index (χ4v) is 2.74. The molecular weight excluding hydrogens is 216 g/mol. The van der Waals surface area contributed by atoms with E-state index in [-0.39, 0.29) is 11.8 Å². The average molecular weight is 228 g/mol. The molecule has 1 aromatic carbocycles. The van der Waals surface area contributed by atoms with Crippen molar-refractivity contribution >= 4 is 5.91 Å². The standard InChI is InChI=1S/C13H12N2O2/c1-13-6-9(10(7-14)12(16)15-13)8-4-2-3-5-11(8)17-13/h2-5,9-10H,6H2,1H3,(H,15,16)/t9-,10-,13-/m0/s1. The Balaban J connectivity index is 2.15. The maximum absolute atomic E-state index is 11.8. The van der Waals surface area contributed by atoms with E-state index in [1.165, 1.54) is 0 Å². The van der Waals surface area contributed by atoms with Gasteiger partial charge in [0.2, 0.25) is 5.91 Å². The predicted octanol–water partition coefficient (Wildman–Crippen LogP) is 1.54. The molecule has 2 bridgehead atoms. The first-order valence-electron chi connectivity index (χ1n) is 5.62. The zero-order chi connectivity index (χ0) is 12.0. The van der Waals surface area contributed by atoms with Crippen LogP contribution in [0.4, 0.5) is 0 Å². The van der Waals surface area contributed by atoms with E-state index in [9.17, 15) is 4.79 Å². The van der Waals surface area contributed by atoms with Gasteiger partial charge in [0.15, 0.2) is 5.72 Å². The highest BCUT2D eigenvalue weighted by Gasteiger charge is 2.49. The summed E-state index contributed by atoms with van der Waals surface area (Å²) in [6.45, 7) is 1.85. The number of nitrogens with one attached hydrogen (secondary N) is 1. The molecule has 0 aromatic heterocycles. The number of carbonyl (C=O) groups excluding carboxylic acids is 1. The molecule has 0 radical (unpaired) electrons. The topological polar surface area (TPSA) is 62.1 Å². The van der Waals surface area contributed by atoms with Gasteiger partial charge in [0.25, 0.3) is 0 Å². The Morgan fingerprint density at radius 1 is 1.53 bits per heavy atom. The number of nitriles is 1. The van der Waals surface area contributed by atoms with Gasteiger partial charge in [-0.3, -0.25) is 4.79 Å². The first kappa shape index (κ1) is 10.2. The number of nitrogens with zero attached hydrogens (tertiary/aromatic N) is 1. The summed E-state index contributed by atoms with van der Waals surface area (Å²) in [6, 6.07) is 9.72. The van der Waals surface area contributed by atoms with Gasteiger partial charge in [0.1, 0.15) is 11.7 Å². The summed E-state index contributed by atoms with van der Waals surface area (Å²) < 4.78 is 5.81. The van der Waals surface area contributed by atoms with Crippen LogP contribution in [0, 0.1) is 17.2 Å². The van der Waals surface area contributed by atoms with E-state index >= 15 is 0 Å². The van der Waals surface area contributed by atoms with Gasteiger partial charge in [-0.05, 0) is 18.6 Å². The molecule has 0 unspecified atom stereocenters. The molecule has 3 atom stereocenters. The Morgan fingerprint density at radius 3 is 3.06 bits per heavy atom. The molecule has 1 aromatic rings. The molecule has 0 saturated carbocycles. The zero-order valence-corrected chi connectivity index (χ0v) is 9.43. The monoisotopic (exact) mass is 228 g/mol. The highest BCUT2D eigenvalue weighted by Crippen LogP contribution is 2.46. The molecule has 2 aliphatic rings. The lowest BCUT2D eigenvalue weighted by atomic mass is 9.75. The third-order valence-corrected chi connectivity index (χ3v) is 3.47. The lowest BCUT2D eigenvalue weighted by Crippen LogP contribution is -2.60. The molecule has 3 rings (SSSR count). The number of hydrogen-bond acceptors (Lipinski definition) is 3. The molecule has 4 heteroatoms. The third-order valence-electron chi connectivity index (χ3n) is 3.47. The Kier molecular flexibility index (Phi) is 1.93. The van der Waals surface area contributed by atoms with Crippen LogP contribution in [0.3, 0.4) is 0 Å². The van der Waals surface area contributed by atoms with E-state index in [0.29, 0.717) is 6.42 Å². The molecule has 1 saturated heterocycles. The molecule has 1 N–H and O–H groups in total. The number of piperidine rings is 1. The Labute approximate surface area is 99.2 Å². The summed E-state index contributed by atoms with van der Waals surface area (Å²) >= 11 is 0. The van der Waals surface area contributed by atoms with Crippen LogP contribution in [0.25, 0.3) is 0 Å². The second-order valence-electron chi connectivity index (χ2n) is 4.78. The summed E-state index contributed by atoms with van der Waals surface area (Å²) in [6.07, 6.45) is 0.647. The molecule has 86 valence electrons. The van der Waals surface area contributed by atoms with Gasteiger partial charge in [-0.2, -0.15) is 5.26 Å². The molecule has 1 amide bonds. The quantitative estimate of drug-likeness (QED) is 0.732. The minimum atomic E-state index is -0.677. The van der Waals surface area contributed by atoms with E-state index in [0.717, 1.165) is 11.3 Å². The first-order valence-corrected chi connectivity index (χ1v) is 5.62. The van der Waals surface area contributed by atoms with Gasteiger partial charge >= 0.3 is 0 Å². The SMILES string of the molecule is C[C@@]12C[C@@H](c3ccccc3O1)[C@H](C#N)C(=O)N2. The van der Waals surface area contributed by atoms with Gasteiger partial charge in [0.05, 0.1) is 6.07 Å². The lowest BCUT2D eigenvalue weighted by Gasteiger charge is -2.45. The van der Waals surface area contributed by atoms with Crippen LogP contribution in [-0.4, -0.2) is 11.6 Å². The fourth-order valence-electron chi connectivity index (χ4n) is 2.74. The summed E-state index contributed by atoms with van der Waals surface area (Å²) in [7, 11) is 0. The summed E-state index contributed by atoms with van der Waals surface area (Å²) in [4.78, 5) is 11.8. The number of rotatable bonds is 0. The van der Waals surface area contributed by atoms with Crippen molar-refractivity contribution in [3.8, 4) is 11.8 Å². The molecule has 4 nitrogen and oxygen atoms in total. The van der Waals surface area contributed by atoms with E-state index in [4.69, 9.17) is 10.00 Å². The predicted molar refractivity (Wildman–Crippen MR) is 60.1 cm³/mol. The third kappa shape index (κ3) is 1.39. The van der Waals surface area contributed by atoms with Crippen molar-refractivity contribution in [3.63, 3.8) is 0 Å². The number of amides is 1. The number of hydrogen-bond donors (Lipinski definition) is 1. The van der Waals surface area contributed by atoms with Gasteiger partial charge in [-0.25, -0.2) is 0 Å². The van der Waals surface area contributed by atoms with Gasteiger partial charge in [-0.15, -0.1) is 0 Å². The highest BCUT2D eigenvalue weighted by atomic mass is 16.5. The lowest BCUT2D eigenvalue weighted by molar-refractivity contribution is -0.136. The normalized spacial score (nSPS) is 34.0. The van der Waals surface area contributed by atoms with E-state index in [1.54, 1.807) is 0 Å². The van der Waals surface area contributed by atoms with E-state index < -0.39 is 11.6 Å². The van der Waals surface area contributed by atoms with Crippen LogP contribution in [0.5, 0.6) is 5.75 Å². The number of benzene rings is 1. The molecule has 2 aliphatic heterocycles. The first-order chi connectivity index (χ1) is 8.13. The molecule has 2 heterocycles. The van der Waals surface area contributed by atoms with Crippen molar-refractivity contribution < 1.29 is 9.53 Å². The van der Waals surface area contributed by atoms with Crippen LogP contribution in [-0.2, 0) is 4.79 Å². The highest BCUT2D eigenvalue weighted by molar-refractivity contribution is 5.84. The number of fused-ring (bicyclic) bond motifs is 4. The number of ether oxygens (including phenoxy) is 1. The van der Waals surface area contributed by atoms with Crippen molar-refractivity contribution in [2.45, 2.75) is 25.0 Å². The second kappa shape index (κ2) is 3.24. The van der Waals surface area contributed by atoms with Crippen LogP contribution >= 0.6 is 0 Å². The van der Waals surface area contributed by atoms with Gasteiger partial charge < -0.3 is 10.1 Å². The molecule has 0 spiro atoms. The summed E-state index contributed by atoms with van der Waals surface area (Å²) in [5.74, 6) is -0.149. The fraction of sp³-hybridized carbons (Fsp3) is 0.385. The molecule has 0 aliphatic carbocycles. The Hall–Kier alpha value is -2.02. The Bertz CT molecular complexity index is 534. The van der Waals surface area contributed by atoms with E-state index in [1.807, 2.05) is 31.2 Å². The second-order valence-corrected chi connectivity index (χ2v) is 4.78. The van der Waals surface area contributed by atoms with Gasteiger partial charge in [-0.1, -0.05) is 18.2 Å². The van der Waals surface area contributed by atoms with Crippen molar-refractivity contribution in [1.29, 1.82) is 5.26 Å². The average Bonchev–Trinajstić information content (AvgIpc) is 2.28. The Morgan fingerprint density at radius 2 is 2.29 bits per heavy atom. The maximum atomic E-state index is 11.8. The molecule has 1 fully saturated rings. The van der Waals surface area contributed by atoms with Crippen molar-refractivity contribution in [1.82, 2.24) is 5.32 Å². The van der Waals surface area contributed by atoms with Crippen molar-refractivity contribution in [3.05, 3.63) is 29.8 Å². The summed E-state index contributed by atoms with van der Waals surface area (Å²) in [5, 5.41) is 11.9. The smallest absolute Gasteiger partial charge is 0.240 e. The zero-order valence-electron chi connectivity index (χ0n) is 9.43. The maximum Gasteiger partial charge on any atom is 0.240 e.